The number of rotatable bonds is 5. The molecule has 0 atom stereocenters. The van der Waals surface area contributed by atoms with Crippen LogP contribution in [-0.4, -0.2) is 35.1 Å². The highest BCUT2D eigenvalue weighted by atomic mass is 19.2. The van der Waals surface area contributed by atoms with E-state index in [1.54, 1.807) is 19.1 Å². The predicted octanol–water partition coefficient (Wildman–Crippen LogP) is 5.35. The Balaban J connectivity index is 1.81. The number of nitrogens with two attached hydrogens (primary N) is 1. The number of carboxylic acid groups (broad SMARTS) is 1. The minimum atomic E-state index is -0.941. The summed E-state index contributed by atoms with van der Waals surface area (Å²) in [5.74, 6) is -2.58. The number of nitrogens with zero attached hydrogens (tertiary/aromatic N) is 1. The highest BCUT2D eigenvalue weighted by Crippen LogP contribution is 2.55. The first-order chi connectivity index (χ1) is 16.2. The molecule has 2 fully saturated rings. The van der Waals surface area contributed by atoms with Crippen molar-refractivity contribution in [3.05, 3.63) is 58.8 Å². The molecule has 0 radical (unpaired) electrons. The minimum absolute atomic E-state index is 0.00165. The third kappa shape index (κ3) is 3.48. The fourth-order valence-electron chi connectivity index (χ4n) is 5.65. The van der Waals surface area contributed by atoms with Crippen molar-refractivity contribution in [3.63, 3.8) is 0 Å². The fraction of sp³-hybridized carbons (Fsp3) is 0.385. The number of fused-ring (bicyclic) bond motifs is 1. The fourth-order valence-corrected chi connectivity index (χ4v) is 5.65. The Bertz CT molecular complexity index is 1300. The first-order valence-corrected chi connectivity index (χ1v) is 11.5. The largest absolute Gasteiger partial charge is 0.481 e. The van der Waals surface area contributed by atoms with E-state index in [4.69, 9.17) is 15.9 Å². The van der Waals surface area contributed by atoms with E-state index in [9.17, 15) is 18.7 Å². The van der Waals surface area contributed by atoms with Crippen LogP contribution in [0.4, 0.5) is 14.5 Å². The van der Waals surface area contributed by atoms with Gasteiger partial charge < -0.3 is 25.6 Å². The third-order valence-corrected chi connectivity index (χ3v) is 7.49. The van der Waals surface area contributed by atoms with Crippen molar-refractivity contribution >= 4 is 28.8 Å². The van der Waals surface area contributed by atoms with Crippen molar-refractivity contribution < 1.29 is 23.4 Å². The number of halogens is 2. The van der Waals surface area contributed by atoms with Gasteiger partial charge in [-0.05, 0) is 68.4 Å². The van der Waals surface area contributed by atoms with Crippen LogP contribution in [0.5, 0.6) is 0 Å². The Morgan fingerprint density at radius 1 is 1.18 bits per heavy atom. The van der Waals surface area contributed by atoms with Crippen molar-refractivity contribution in [1.82, 2.24) is 4.57 Å². The Morgan fingerprint density at radius 3 is 2.50 bits per heavy atom. The van der Waals surface area contributed by atoms with Gasteiger partial charge in [-0.1, -0.05) is 0 Å². The van der Waals surface area contributed by atoms with Crippen LogP contribution in [0, 0.1) is 22.5 Å². The minimum Gasteiger partial charge on any atom is -0.481 e. The zero-order valence-corrected chi connectivity index (χ0v) is 18.9. The molecular formula is C26H27F2N3O3. The van der Waals surface area contributed by atoms with Gasteiger partial charge in [-0.3, -0.25) is 4.79 Å². The number of carbonyl (C=O) groups is 1. The standard InChI is InChI=1S/C26H27F2N3O3/c1-26(25(32)33)11-16(12-26)23-18-10-21(30)15(13-29)8-22(18)31(17-2-3-19(27)20(28)9-17)24(23)14-4-6-34-7-5-14/h2-3,8-10,13-14,16,29H,4-7,11-12,30H2,1H3,(H,32,33). The van der Waals surface area contributed by atoms with Crippen molar-refractivity contribution in [2.45, 2.75) is 44.4 Å². The van der Waals surface area contributed by atoms with Gasteiger partial charge in [-0.25, -0.2) is 8.78 Å². The van der Waals surface area contributed by atoms with Gasteiger partial charge in [0.1, 0.15) is 0 Å². The number of nitrogens with one attached hydrogen (secondary N) is 1. The summed E-state index contributed by atoms with van der Waals surface area (Å²) in [5.41, 5.74) is 9.68. The van der Waals surface area contributed by atoms with Crippen molar-refractivity contribution in [2.24, 2.45) is 5.41 Å². The molecule has 1 aliphatic heterocycles. The van der Waals surface area contributed by atoms with Crippen LogP contribution in [0.2, 0.25) is 0 Å². The van der Waals surface area contributed by atoms with E-state index < -0.39 is 23.0 Å². The van der Waals surface area contributed by atoms with E-state index in [0.717, 1.165) is 41.1 Å². The second-order valence-corrected chi connectivity index (χ2v) is 9.73. The van der Waals surface area contributed by atoms with Crippen LogP contribution >= 0.6 is 0 Å². The van der Waals surface area contributed by atoms with Gasteiger partial charge in [0.25, 0.3) is 0 Å². The van der Waals surface area contributed by atoms with Crippen molar-refractivity contribution in [3.8, 4) is 5.69 Å². The Morgan fingerprint density at radius 2 is 1.88 bits per heavy atom. The highest BCUT2D eigenvalue weighted by Gasteiger charge is 2.49. The molecule has 5 rings (SSSR count). The lowest BCUT2D eigenvalue weighted by molar-refractivity contribution is -0.154. The molecule has 4 N–H and O–H groups in total. The molecule has 0 spiro atoms. The van der Waals surface area contributed by atoms with Gasteiger partial charge >= 0.3 is 5.97 Å². The average molecular weight is 468 g/mol. The highest BCUT2D eigenvalue weighted by molar-refractivity contribution is 5.98. The zero-order valence-electron chi connectivity index (χ0n) is 18.9. The Kier molecular flexibility index (Phi) is 5.43. The maximum absolute atomic E-state index is 14.4. The van der Waals surface area contributed by atoms with Gasteiger partial charge in [0.15, 0.2) is 11.6 Å². The molecule has 2 aliphatic rings. The first-order valence-electron chi connectivity index (χ1n) is 11.5. The monoisotopic (exact) mass is 467 g/mol. The molecule has 34 heavy (non-hydrogen) atoms. The number of aromatic nitrogens is 1. The molecule has 0 bridgehead atoms. The van der Waals surface area contributed by atoms with Crippen molar-refractivity contribution in [2.75, 3.05) is 18.9 Å². The maximum Gasteiger partial charge on any atom is 0.309 e. The smallest absolute Gasteiger partial charge is 0.309 e. The molecule has 178 valence electrons. The van der Waals surface area contributed by atoms with Gasteiger partial charge in [0.2, 0.25) is 0 Å². The summed E-state index contributed by atoms with van der Waals surface area (Å²) in [4.78, 5) is 11.8. The van der Waals surface area contributed by atoms with E-state index >= 15 is 0 Å². The SMILES string of the molecule is CC1(C(=O)O)CC(c2c(C3CCOCC3)n(-c3ccc(F)c(F)c3)c3cc(C=N)c(N)cc23)C1. The van der Waals surface area contributed by atoms with E-state index in [0.29, 0.717) is 43.0 Å². The summed E-state index contributed by atoms with van der Waals surface area (Å²) < 4.78 is 35.7. The van der Waals surface area contributed by atoms with E-state index in [1.165, 1.54) is 12.3 Å². The van der Waals surface area contributed by atoms with Gasteiger partial charge in [0, 0.05) is 59.4 Å². The lowest BCUT2D eigenvalue weighted by Gasteiger charge is -2.43. The summed E-state index contributed by atoms with van der Waals surface area (Å²) in [5, 5.41) is 18.3. The molecule has 1 saturated carbocycles. The summed E-state index contributed by atoms with van der Waals surface area (Å²) in [7, 11) is 0. The number of anilines is 1. The van der Waals surface area contributed by atoms with E-state index in [2.05, 4.69) is 0 Å². The normalized spacial score (nSPS) is 23.1. The molecule has 2 heterocycles. The molecule has 1 aromatic heterocycles. The van der Waals surface area contributed by atoms with Crippen LogP contribution in [0.3, 0.4) is 0 Å². The molecule has 8 heteroatoms. The number of nitrogen functional groups attached to an aromatic ring is 1. The summed E-state index contributed by atoms with van der Waals surface area (Å²) in [6.07, 6.45) is 3.69. The molecular weight excluding hydrogens is 440 g/mol. The summed E-state index contributed by atoms with van der Waals surface area (Å²) in [6, 6.07) is 7.49. The van der Waals surface area contributed by atoms with Gasteiger partial charge in [-0.2, -0.15) is 0 Å². The molecule has 0 unspecified atom stereocenters. The van der Waals surface area contributed by atoms with E-state index in [1.807, 2.05) is 10.6 Å². The topological polar surface area (TPSA) is 101 Å². The molecule has 2 aromatic carbocycles. The van der Waals surface area contributed by atoms with Crippen LogP contribution in [0.15, 0.2) is 30.3 Å². The third-order valence-electron chi connectivity index (χ3n) is 7.49. The number of ether oxygens (including phenoxy) is 1. The van der Waals surface area contributed by atoms with Gasteiger partial charge in [-0.15, -0.1) is 0 Å². The molecule has 1 aliphatic carbocycles. The number of hydrogen-bond acceptors (Lipinski definition) is 4. The quantitative estimate of drug-likeness (QED) is 0.348. The lowest BCUT2D eigenvalue weighted by atomic mass is 9.60. The molecule has 6 nitrogen and oxygen atoms in total. The summed E-state index contributed by atoms with van der Waals surface area (Å²) in [6.45, 7) is 2.94. The second kappa shape index (κ2) is 8.20. The predicted molar refractivity (Wildman–Crippen MR) is 126 cm³/mol. The van der Waals surface area contributed by atoms with Crippen LogP contribution in [-0.2, 0) is 9.53 Å². The molecule has 3 aromatic rings. The first kappa shape index (κ1) is 22.5. The number of carboxylic acids is 1. The van der Waals surface area contributed by atoms with Crippen LogP contribution in [0.25, 0.3) is 16.6 Å². The Hall–Kier alpha value is -3.26. The lowest BCUT2D eigenvalue weighted by Crippen LogP contribution is -2.40. The second-order valence-electron chi connectivity index (χ2n) is 9.73. The van der Waals surface area contributed by atoms with Crippen molar-refractivity contribution in [1.29, 1.82) is 5.41 Å². The number of aliphatic carboxylic acids is 1. The van der Waals surface area contributed by atoms with Crippen LogP contribution < -0.4 is 5.73 Å². The van der Waals surface area contributed by atoms with Gasteiger partial charge in [0.05, 0.1) is 10.9 Å². The van der Waals surface area contributed by atoms with E-state index in [-0.39, 0.29) is 11.8 Å². The van der Waals surface area contributed by atoms with Crippen LogP contribution in [0.1, 0.15) is 61.3 Å². The molecule has 1 saturated heterocycles. The molecule has 0 amide bonds. The number of hydrogen-bond donors (Lipinski definition) is 3. The zero-order chi connectivity index (χ0) is 24.2. The average Bonchev–Trinajstić information content (AvgIpc) is 3.12. The maximum atomic E-state index is 14.4. The Labute approximate surface area is 195 Å². The number of benzene rings is 2. The summed E-state index contributed by atoms with van der Waals surface area (Å²) >= 11 is 0.